The highest BCUT2D eigenvalue weighted by Gasteiger charge is 2.18. The van der Waals surface area contributed by atoms with Crippen molar-refractivity contribution in [2.75, 3.05) is 39.5 Å². The van der Waals surface area contributed by atoms with Crippen LogP contribution in [0.4, 0.5) is 0 Å². The summed E-state index contributed by atoms with van der Waals surface area (Å²) in [4.78, 5) is 1.60. The molecule has 2 aromatic carbocycles. The maximum Gasteiger partial charge on any atom is 0.119 e. The van der Waals surface area contributed by atoms with Crippen molar-refractivity contribution >= 4 is 0 Å². The minimum Gasteiger partial charge on any atom is -0.494 e. The number of quaternary nitrogens is 1. The van der Waals surface area contributed by atoms with E-state index in [-0.39, 0.29) is 0 Å². The summed E-state index contributed by atoms with van der Waals surface area (Å²) in [6.07, 6.45) is 1.17. The Morgan fingerprint density at radius 3 is 2.32 bits per heavy atom. The van der Waals surface area contributed by atoms with Crippen molar-refractivity contribution in [2.45, 2.75) is 19.9 Å². The Bertz CT molecular complexity index is 642. The zero-order chi connectivity index (χ0) is 17.3. The first kappa shape index (κ1) is 17.8. The minimum atomic E-state index is 0.576. The lowest BCUT2D eigenvalue weighted by atomic mass is 10.0. The van der Waals surface area contributed by atoms with E-state index in [1.54, 1.807) is 4.90 Å². The normalized spacial score (nSPS) is 16.3. The summed E-state index contributed by atoms with van der Waals surface area (Å²) in [6, 6.07) is 16.5. The summed E-state index contributed by atoms with van der Waals surface area (Å²) in [5.41, 5.74) is 3.00. The molecule has 3 rings (SSSR count). The Labute approximate surface area is 150 Å². The van der Waals surface area contributed by atoms with Gasteiger partial charge in [0.15, 0.2) is 0 Å². The molecule has 4 nitrogen and oxygen atoms in total. The topological polar surface area (TPSA) is 32.1 Å². The van der Waals surface area contributed by atoms with Gasteiger partial charge >= 0.3 is 0 Å². The number of rotatable bonds is 9. The quantitative estimate of drug-likeness (QED) is 0.709. The highest BCUT2D eigenvalue weighted by Crippen LogP contribution is 2.17. The molecule has 0 aromatic heterocycles. The van der Waals surface area contributed by atoms with E-state index in [1.807, 2.05) is 31.2 Å². The Morgan fingerprint density at radius 2 is 1.56 bits per heavy atom. The number of fused-ring (bicyclic) bond motifs is 1. The molecule has 25 heavy (non-hydrogen) atoms. The minimum absolute atomic E-state index is 0.576. The summed E-state index contributed by atoms with van der Waals surface area (Å²) in [6.45, 7) is 8.00. The van der Waals surface area contributed by atoms with Gasteiger partial charge in [-0.25, -0.2) is 0 Å². The van der Waals surface area contributed by atoms with Gasteiger partial charge in [-0.05, 0) is 36.8 Å². The molecule has 0 amide bonds. The van der Waals surface area contributed by atoms with Crippen LogP contribution in [0.5, 0.6) is 11.5 Å². The van der Waals surface area contributed by atoms with Crippen LogP contribution in [0.15, 0.2) is 48.5 Å². The molecule has 1 heterocycles. The highest BCUT2D eigenvalue weighted by molar-refractivity contribution is 5.31. The molecule has 1 aliphatic rings. The van der Waals surface area contributed by atoms with Crippen LogP contribution in [0, 0.1) is 0 Å². The fraction of sp³-hybridized carbons (Fsp3) is 0.429. The second-order valence-electron chi connectivity index (χ2n) is 6.31. The highest BCUT2D eigenvalue weighted by atomic mass is 16.5. The van der Waals surface area contributed by atoms with Gasteiger partial charge < -0.3 is 19.1 Å². The van der Waals surface area contributed by atoms with Gasteiger partial charge in [-0.1, -0.05) is 24.3 Å². The maximum absolute atomic E-state index is 5.74. The van der Waals surface area contributed by atoms with Gasteiger partial charge in [0.1, 0.15) is 31.2 Å². The molecule has 4 heteroatoms. The van der Waals surface area contributed by atoms with Crippen LogP contribution in [0.2, 0.25) is 0 Å². The van der Waals surface area contributed by atoms with Gasteiger partial charge in [0.25, 0.3) is 0 Å². The molecule has 1 aliphatic heterocycles. The standard InChI is InChI=1S/C21H27NO3/c1-2-24-20-7-9-21(10-8-20)25-16-15-23-14-13-22-12-11-18-5-3-4-6-19(18)17-22/h3-10H,2,11-17H2,1H3/p+1. The number of hydrogen-bond donors (Lipinski definition) is 1. The number of benzene rings is 2. The van der Waals surface area contributed by atoms with Gasteiger partial charge in [-0.2, -0.15) is 0 Å². The van der Waals surface area contributed by atoms with Gasteiger partial charge in [0.05, 0.1) is 26.4 Å². The molecule has 0 radical (unpaired) electrons. The van der Waals surface area contributed by atoms with Crippen LogP contribution in [0.3, 0.4) is 0 Å². The average Bonchev–Trinajstić information content (AvgIpc) is 2.66. The first-order valence-corrected chi connectivity index (χ1v) is 9.19. The summed E-state index contributed by atoms with van der Waals surface area (Å²) >= 11 is 0. The van der Waals surface area contributed by atoms with Crippen molar-refractivity contribution in [3.63, 3.8) is 0 Å². The van der Waals surface area contributed by atoms with Gasteiger partial charge in [-0.3, -0.25) is 0 Å². The van der Waals surface area contributed by atoms with Crippen LogP contribution in [-0.2, 0) is 17.7 Å². The summed E-state index contributed by atoms with van der Waals surface area (Å²) in [5.74, 6) is 1.72. The molecular formula is C21H28NO3+. The summed E-state index contributed by atoms with van der Waals surface area (Å²) in [5, 5.41) is 0. The SMILES string of the molecule is CCOc1ccc(OCCOCC[NH+]2CCc3ccccc3C2)cc1. The van der Waals surface area contributed by atoms with Crippen LogP contribution < -0.4 is 14.4 Å². The fourth-order valence-corrected chi connectivity index (χ4v) is 3.19. The van der Waals surface area contributed by atoms with E-state index in [4.69, 9.17) is 14.2 Å². The number of nitrogens with one attached hydrogen (secondary N) is 1. The fourth-order valence-electron chi connectivity index (χ4n) is 3.19. The molecule has 0 spiro atoms. The lowest BCUT2D eigenvalue weighted by Gasteiger charge is -2.25. The zero-order valence-corrected chi connectivity index (χ0v) is 15.0. The predicted octanol–water partition coefficient (Wildman–Crippen LogP) is 2.12. The van der Waals surface area contributed by atoms with Crippen molar-refractivity contribution in [3.05, 3.63) is 59.7 Å². The second-order valence-corrected chi connectivity index (χ2v) is 6.31. The third-order valence-corrected chi connectivity index (χ3v) is 4.54. The second kappa shape index (κ2) is 9.44. The molecule has 0 fully saturated rings. The molecule has 2 aromatic rings. The molecule has 0 saturated carbocycles. The van der Waals surface area contributed by atoms with Gasteiger partial charge in [0.2, 0.25) is 0 Å². The molecule has 1 N–H and O–H groups in total. The Kier molecular flexibility index (Phi) is 6.71. The van der Waals surface area contributed by atoms with E-state index in [1.165, 1.54) is 24.1 Å². The van der Waals surface area contributed by atoms with Crippen molar-refractivity contribution in [1.82, 2.24) is 0 Å². The first-order chi connectivity index (χ1) is 12.3. The number of ether oxygens (including phenoxy) is 3. The molecule has 0 aliphatic carbocycles. The van der Waals surface area contributed by atoms with Crippen LogP contribution >= 0.6 is 0 Å². The molecule has 0 saturated heterocycles. The summed E-state index contributed by atoms with van der Waals surface area (Å²) < 4.78 is 16.8. The Balaban J connectivity index is 1.28. The van der Waals surface area contributed by atoms with E-state index in [0.29, 0.717) is 19.8 Å². The predicted molar refractivity (Wildman–Crippen MR) is 98.5 cm³/mol. The third-order valence-electron chi connectivity index (χ3n) is 4.54. The zero-order valence-electron chi connectivity index (χ0n) is 15.0. The lowest BCUT2D eigenvalue weighted by molar-refractivity contribution is -0.916. The van der Waals surface area contributed by atoms with E-state index in [0.717, 1.165) is 31.2 Å². The van der Waals surface area contributed by atoms with Crippen molar-refractivity contribution in [1.29, 1.82) is 0 Å². The molecule has 1 unspecified atom stereocenters. The number of hydrogen-bond acceptors (Lipinski definition) is 3. The Morgan fingerprint density at radius 1 is 0.840 bits per heavy atom. The van der Waals surface area contributed by atoms with Crippen LogP contribution in [-0.4, -0.2) is 39.5 Å². The van der Waals surface area contributed by atoms with Gasteiger partial charge in [-0.15, -0.1) is 0 Å². The van der Waals surface area contributed by atoms with E-state index < -0.39 is 0 Å². The first-order valence-electron chi connectivity index (χ1n) is 9.19. The van der Waals surface area contributed by atoms with E-state index >= 15 is 0 Å². The van der Waals surface area contributed by atoms with Crippen LogP contribution in [0.25, 0.3) is 0 Å². The maximum atomic E-state index is 5.74. The van der Waals surface area contributed by atoms with Crippen LogP contribution in [0.1, 0.15) is 18.1 Å². The molecule has 134 valence electrons. The van der Waals surface area contributed by atoms with E-state index in [2.05, 4.69) is 24.3 Å². The van der Waals surface area contributed by atoms with Gasteiger partial charge in [0, 0.05) is 12.0 Å². The van der Waals surface area contributed by atoms with E-state index in [9.17, 15) is 0 Å². The lowest BCUT2D eigenvalue weighted by Crippen LogP contribution is -3.12. The van der Waals surface area contributed by atoms with Crippen molar-refractivity contribution in [3.8, 4) is 11.5 Å². The van der Waals surface area contributed by atoms with Crippen molar-refractivity contribution < 1.29 is 19.1 Å². The largest absolute Gasteiger partial charge is 0.494 e. The summed E-state index contributed by atoms with van der Waals surface area (Å²) in [7, 11) is 0. The molecule has 1 atom stereocenters. The smallest absolute Gasteiger partial charge is 0.119 e. The molecular weight excluding hydrogens is 314 g/mol. The van der Waals surface area contributed by atoms with Crippen molar-refractivity contribution in [2.24, 2.45) is 0 Å². The third kappa shape index (κ3) is 5.48. The average molecular weight is 342 g/mol. The monoisotopic (exact) mass is 342 g/mol. The molecule has 0 bridgehead atoms. The Hall–Kier alpha value is -2.04.